The zero-order chi connectivity index (χ0) is 20.5. The van der Waals surface area contributed by atoms with Crippen LogP contribution in [0.2, 0.25) is 0 Å². The van der Waals surface area contributed by atoms with E-state index < -0.39 is 5.84 Å². The number of rotatable bonds is 8. The molecule has 0 bridgehead atoms. The number of methoxy groups -OCH3 is 2. The Morgan fingerprint density at radius 3 is 2.57 bits per heavy atom. The second kappa shape index (κ2) is 9.59. The van der Waals surface area contributed by atoms with Gasteiger partial charge in [0, 0.05) is 6.54 Å². The van der Waals surface area contributed by atoms with Gasteiger partial charge in [-0.05, 0) is 29.8 Å². The van der Waals surface area contributed by atoms with Crippen molar-refractivity contribution < 1.29 is 14.3 Å². The van der Waals surface area contributed by atoms with Crippen molar-refractivity contribution in [3.63, 3.8) is 0 Å². The summed E-state index contributed by atoms with van der Waals surface area (Å²) in [6.45, 7) is 0.272. The third-order valence-corrected chi connectivity index (χ3v) is 3.72. The molecule has 0 radical (unpaired) electrons. The highest BCUT2D eigenvalue weighted by molar-refractivity contribution is 6.45. The standard InChI is InChI=1S/C19H20N6O3/c1-27-16-8-7-12(9-17(16)28-2)11-23-19(26)13-5-3-4-6-14(13)24-25-15(10-20)18(21)22/h3-9,24H,11H2,1-2H3,(H3,21,22)(H,23,26)/b25-15+. The smallest absolute Gasteiger partial charge is 0.253 e. The summed E-state index contributed by atoms with van der Waals surface area (Å²) in [5, 5.41) is 22.7. The van der Waals surface area contributed by atoms with Crippen LogP contribution in [0.1, 0.15) is 15.9 Å². The van der Waals surface area contributed by atoms with Crippen LogP contribution in [0.25, 0.3) is 0 Å². The van der Waals surface area contributed by atoms with E-state index in [0.29, 0.717) is 22.7 Å². The number of nitrogens with two attached hydrogens (primary N) is 1. The van der Waals surface area contributed by atoms with Crippen molar-refractivity contribution in [1.29, 1.82) is 10.7 Å². The zero-order valence-corrected chi connectivity index (χ0v) is 15.4. The first-order valence-corrected chi connectivity index (χ1v) is 8.16. The van der Waals surface area contributed by atoms with Gasteiger partial charge in [0.05, 0.1) is 25.5 Å². The molecular formula is C19H20N6O3. The third-order valence-electron chi connectivity index (χ3n) is 3.72. The lowest BCUT2D eigenvalue weighted by Gasteiger charge is -2.12. The van der Waals surface area contributed by atoms with Gasteiger partial charge >= 0.3 is 0 Å². The molecule has 0 aliphatic carbocycles. The summed E-state index contributed by atoms with van der Waals surface area (Å²) in [6, 6.07) is 13.7. The Kier molecular flexibility index (Phi) is 6.93. The molecule has 0 fully saturated rings. The van der Waals surface area contributed by atoms with Crippen LogP contribution in [0.15, 0.2) is 47.6 Å². The monoisotopic (exact) mass is 380 g/mol. The molecule has 0 saturated carbocycles. The lowest BCUT2D eigenvalue weighted by Crippen LogP contribution is -2.24. The van der Waals surface area contributed by atoms with Gasteiger partial charge in [0.25, 0.3) is 5.91 Å². The fourth-order valence-electron chi connectivity index (χ4n) is 2.31. The summed E-state index contributed by atoms with van der Waals surface area (Å²) in [7, 11) is 3.09. The van der Waals surface area contributed by atoms with Gasteiger partial charge in [-0.15, -0.1) is 0 Å². The summed E-state index contributed by atoms with van der Waals surface area (Å²) in [5.41, 5.74) is 9.12. The highest BCUT2D eigenvalue weighted by Gasteiger charge is 2.12. The van der Waals surface area contributed by atoms with Gasteiger partial charge in [-0.1, -0.05) is 18.2 Å². The maximum Gasteiger partial charge on any atom is 0.253 e. The predicted molar refractivity (Wildman–Crippen MR) is 106 cm³/mol. The van der Waals surface area contributed by atoms with Gasteiger partial charge < -0.3 is 20.5 Å². The fraction of sp³-hybridized carbons (Fsp3) is 0.158. The molecule has 0 aromatic heterocycles. The summed E-state index contributed by atoms with van der Waals surface area (Å²) < 4.78 is 10.4. The fourth-order valence-corrected chi connectivity index (χ4v) is 2.31. The number of benzene rings is 2. The van der Waals surface area contributed by atoms with Crippen LogP contribution in [-0.2, 0) is 6.54 Å². The van der Waals surface area contributed by atoms with Gasteiger partial charge in [-0.25, -0.2) is 0 Å². The lowest BCUT2D eigenvalue weighted by molar-refractivity contribution is 0.0951. The topological polar surface area (TPSA) is 146 Å². The van der Waals surface area contributed by atoms with E-state index in [9.17, 15) is 4.79 Å². The number of anilines is 1. The van der Waals surface area contributed by atoms with Crippen molar-refractivity contribution >= 4 is 23.1 Å². The number of ether oxygens (including phenoxy) is 2. The van der Waals surface area contributed by atoms with E-state index in [0.717, 1.165) is 5.56 Å². The van der Waals surface area contributed by atoms with E-state index in [1.807, 2.05) is 6.07 Å². The Hall–Kier alpha value is -4.06. The van der Waals surface area contributed by atoms with Gasteiger partial charge in [0.1, 0.15) is 6.07 Å². The third kappa shape index (κ3) is 4.98. The molecule has 0 heterocycles. The van der Waals surface area contributed by atoms with Gasteiger partial charge in [0.15, 0.2) is 17.3 Å². The average Bonchev–Trinajstić information content (AvgIpc) is 2.72. The molecule has 0 unspecified atom stereocenters. The van der Waals surface area contributed by atoms with Crippen LogP contribution in [0.3, 0.4) is 0 Å². The molecule has 2 aromatic carbocycles. The zero-order valence-electron chi connectivity index (χ0n) is 15.4. The number of nitriles is 1. The maximum absolute atomic E-state index is 12.6. The van der Waals surface area contributed by atoms with Gasteiger partial charge in [0.2, 0.25) is 5.71 Å². The van der Waals surface area contributed by atoms with Crippen LogP contribution in [0.4, 0.5) is 5.69 Å². The number of amides is 1. The minimum absolute atomic E-state index is 0.272. The Bertz CT molecular complexity index is 949. The first-order valence-electron chi connectivity index (χ1n) is 8.16. The van der Waals surface area contributed by atoms with Crippen LogP contribution >= 0.6 is 0 Å². The van der Waals surface area contributed by atoms with Crippen molar-refractivity contribution in [2.45, 2.75) is 6.54 Å². The van der Waals surface area contributed by atoms with Crippen molar-refractivity contribution in [3.8, 4) is 17.6 Å². The number of hydrogen-bond acceptors (Lipinski definition) is 7. The number of nitrogens with zero attached hydrogens (tertiary/aromatic N) is 2. The first-order chi connectivity index (χ1) is 13.5. The molecule has 144 valence electrons. The first kappa shape index (κ1) is 20.3. The molecule has 0 aliphatic heterocycles. The molecule has 1 amide bonds. The average molecular weight is 380 g/mol. The van der Waals surface area contributed by atoms with Crippen LogP contribution < -0.4 is 25.9 Å². The molecule has 9 heteroatoms. The van der Waals surface area contributed by atoms with E-state index in [-0.39, 0.29) is 18.2 Å². The SMILES string of the molecule is COc1ccc(CNC(=O)c2ccccc2N/N=C(\C#N)C(=N)N)cc1OC. The van der Waals surface area contributed by atoms with E-state index in [1.165, 1.54) is 0 Å². The highest BCUT2D eigenvalue weighted by Crippen LogP contribution is 2.27. The molecule has 0 aliphatic rings. The molecule has 5 N–H and O–H groups in total. The molecule has 28 heavy (non-hydrogen) atoms. The minimum Gasteiger partial charge on any atom is -0.493 e. The van der Waals surface area contributed by atoms with E-state index in [1.54, 1.807) is 56.7 Å². The molecule has 2 rings (SSSR count). The predicted octanol–water partition coefficient (Wildman–Crippen LogP) is 1.86. The number of carbonyl (C=O) groups excluding carboxylic acids is 1. The molecule has 0 saturated heterocycles. The van der Waals surface area contributed by atoms with Crippen molar-refractivity contribution in [2.75, 3.05) is 19.6 Å². The maximum atomic E-state index is 12.6. The quantitative estimate of drug-likeness (QED) is 0.312. The number of amidine groups is 1. The summed E-state index contributed by atoms with van der Waals surface area (Å²) >= 11 is 0. The highest BCUT2D eigenvalue weighted by atomic mass is 16.5. The van der Waals surface area contributed by atoms with Crippen LogP contribution in [0.5, 0.6) is 11.5 Å². The summed E-state index contributed by atoms with van der Waals surface area (Å²) in [6.07, 6.45) is 0. The van der Waals surface area contributed by atoms with Crippen molar-refractivity contribution in [3.05, 3.63) is 53.6 Å². The molecule has 2 aromatic rings. The van der Waals surface area contributed by atoms with Crippen LogP contribution in [0, 0.1) is 16.7 Å². The Labute approximate surface area is 162 Å². The number of nitrogens with one attached hydrogen (secondary N) is 3. The van der Waals surface area contributed by atoms with E-state index in [4.69, 9.17) is 25.9 Å². The van der Waals surface area contributed by atoms with Gasteiger partial charge in [-0.3, -0.25) is 15.6 Å². The van der Waals surface area contributed by atoms with E-state index in [2.05, 4.69) is 15.8 Å². The van der Waals surface area contributed by atoms with Crippen LogP contribution in [-0.4, -0.2) is 31.7 Å². The number of hydrazone groups is 1. The van der Waals surface area contributed by atoms with E-state index >= 15 is 0 Å². The Morgan fingerprint density at radius 1 is 1.21 bits per heavy atom. The lowest BCUT2D eigenvalue weighted by atomic mass is 10.1. The molecule has 0 spiro atoms. The molecule has 9 nitrogen and oxygen atoms in total. The number of hydrogen-bond donors (Lipinski definition) is 4. The second-order valence-corrected chi connectivity index (χ2v) is 5.52. The van der Waals surface area contributed by atoms with Gasteiger partial charge in [-0.2, -0.15) is 10.4 Å². The van der Waals surface area contributed by atoms with Crippen molar-refractivity contribution in [2.24, 2.45) is 10.8 Å². The normalized spacial score (nSPS) is 10.5. The summed E-state index contributed by atoms with van der Waals surface area (Å²) in [4.78, 5) is 12.6. The Balaban J connectivity index is 2.13. The molecule has 0 atom stereocenters. The number of carbonyl (C=O) groups is 1. The number of para-hydroxylation sites is 1. The second-order valence-electron chi connectivity index (χ2n) is 5.52. The summed E-state index contributed by atoms with van der Waals surface area (Å²) in [5.74, 6) is 0.363. The van der Waals surface area contributed by atoms with Crippen molar-refractivity contribution in [1.82, 2.24) is 5.32 Å². The Morgan fingerprint density at radius 2 is 1.93 bits per heavy atom. The molecular weight excluding hydrogens is 360 g/mol. The minimum atomic E-state index is -0.467. The largest absolute Gasteiger partial charge is 0.493 e.